The van der Waals surface area contributed by atoms with Gasteiger partial charge in [0.1, 0.15) is 11.5 Å². The molecule has 8 aromatic carbocycles. The predicted octanol–water partition coefficient (Wildman–Crippen LogP) is 12.5. The Morgan fingerprint density at radius 1 is 0.507 bits per heavy atom. The minimum atomic E-state index is -0.482. The molecule has 0 unspecified atom stereocenters. The lowest BCUT2D eigenvalue weighted by atomic mass is 9.33. The van der Waals surface area contributed by atoms with Gasteiger partial charge in [-0.3, -0.25) is 0 Å². The maximum Gasteiger partial charge on any atom is 0.286 e. The first-order chi connectivity index (χ1) is 37.2. The van der Waals surface area contributed by atoms with Crippen LogP contribution in [0.25, 0.3) is 43.3 Å². The molecule has 9 heteroatoms. The van der Waals surface area contributed by atoms with E-state index < -0.39 is 43.0 Å². The van der Waals surface area contributed by atoms with Crippen LogP contribution in [0.5, 0.6) is 23.2 Å². The summed E-state index contributed by atoms with van der Waals surface area (Å²) in [5.41, 5.74) is 11.1. The molecule has 0 bridgehead atoms. The number of fused-ring (bicyclic) bond motifs is 13. The Morgan fingerprint density at radius 3 is 1.75 bits per heavy atom. The van der Waals surface area contributed by atoms with Crippen LogP contribution in [0.4, 0.5) is 32.8 Å². The van der Waals surface area contributed by atoms with E-state index in [1.165, 1.54) is 0 Å². The van der Waals surface area contributed by atoms with E-state index in [4.69, 9.17) is 27.6 Å². The third kappa shape index (κ3) is 5.21. The van der Waals surface area contributed by atoms with Gasteiger partial charge in [0.05, 0.1) is 23.7 Å². The average molecular weight is 905 g/mol. The van der Waals surface area contributed by atoms with Gasteiger partial charge in [-0.05, 0) is 129 Å². The number of ether oxygens (including phenoxy) is 2. The highest BCUT2D eigenvalue weighted by Gasteiger charge is 2.49. The third-order valence-electron chi connectivity index (χ3n) is 13.8. The molecule has 314 valence electrons. The highest BCUT2D eigenvalue weighted by Crippen LogP contribution is 2.51. The van der Waals surface area contributed by atoms with Gasteiger partial charge in [-0.1, -0.05) is 127 Å². The molecule has 0 spiro atoms. The smallest absolute Gasteiger partial charge is 0.286 e. The molecular weight excluding hydrogens is 858 g/mol. The zero-order chi connectivity index (χ0) is 52.8. The number of aryl methyl sites for hydroxylation is 1. The Balaban J connectivity index is 1.01. The lowest BCUT2D eigenvalue weighted by Crippen LogP contribution is -2.60. The number of para-hydroxylation sites is 2. The molecule has 0 aliphatic carbocycles. The Bertz CT molecular complexity index is 4430. The summed E-state index contributed by atoms with van der Waals surface area (Å²) in [6.45, 7) is 3.40. The summed E-state index contributed by atoms with van der Waals surface area (Å²) in [7, 11) is 0. The average Bonchev–Trinajstić information content (AvgIpc) is 4.33. The fourth-order valence-electron chi connectivity index (χ4n) is 10.9. The van der Waals surface area contributed by atoms with Crippen LogP contribution in [-0.4, -0.2) is 13.4 Å². The molecule has 0 atom stereocenters. The minimum Gasteiger partial charge on any atom is -0.454 e. The number of furan rings is 1. The zero-order valence-electron chi connectivity index (χ0n) is 45.6. The Morgan fingerprint density at radius 2 is 1.09 bits per heavy atom. The van der Waals surface area contributed by atoms with E-state index in [1.54, 1.807) is 34.8 Å². The number of benzene rings is 8. The third-order valence-corrected chi connectivity index (χ3v) is 16.2. The summed E-state index contributed by atoms with van der Waals surface area (Å²) in [6, 6.07) is 35.8. The second-order valence-corrected chi connectivity index (χ2v) is 19.4. The van der Waals surface area contributed by atoms with Crippen LogP contribution in [-0.2, 0) is 0 Å². The maximum atomic E-state index is 9.13. The van der Waals surface area contributed by atoms with Gasteiger partial charge in [-0.2, -0.15) is 0 Å². The van der Waals surface area contributed by atoms with Crippen molar-refractivity contribution < 1.29 is 27.6 Å². The van der Waals surface area contributed by atoms with Crippen molar-refractivity contribution in [3.63, 3.8) is 0 Å². The van der Waals surface area contributed by atoms with E-state index in [2.05, 4.69) is 47.9 Å². The summed E-state index contributed by atoms with van der Waals surface area (Å²) in [5, 5.41) is 3.72. The van der Waals surface area contributed by atoms with Gasteiger partial charge in [0.15, 0.2) is 11.3 Å². The van der Waals surface area contributed by atoms with E-state index in [9.17, 15) is 0 Å². The normalized spacial score (nSPS) is 15.7. The second-order valence-electron chi connectivity index (χ2n) is 17.2. The summed E-state index contributed by atoms with van der Waals surface area (Å²) in [5.74, 6) is 1.51. The van der Waals surface area contributed by atoms with E-state index >= 15 is 0 Å². The molecule has 11 aromatic rings. The van der Waals surface area contributed by atoms with Crippen LogP contribution >= 0.6 is 22.7 Å². The number of anilines is 6. The van der Waals surface area contributed by atoms with Gasteiger partial charge in [0.2, 0.25) is 0 Å². The molecule has 0 fully saturated rings. The minimum absolute atomic E-state index is 0.0425. The molecule has 3 aromatic heterocycles. The van der Waals surface area contributed by atoms with Gasteiger partial charge in [-0.15, -0.1) is 22.7 Å². The zero-order valence-corrected chi connectivity index (χ0v) is 37.3. The van der Waals surface area contributed by atoms with E-state index in [0.717, 1.165) is 91.4 Å². The Hall–Kier alpha value is -7.71. The number of nitrogens with zero attached hydrogens (tertiary/aromatic N) is 2. The summed E-state index contributed by atoms with van der Waals surface area (Å²) in [4.78, 5) is 5.50. The SMILES string of the molecule is [2H]c1c([2H])c([2H])c(-c2cc3c4c(c2)N(c2ccccc2)c2sc(C)c(C)c2B4c2ccc4c5c(oc4c2O3)Oc2cc(-c3c([2H])c([2H])c([2H])c([2H])c3[2H])cc3c2B5c2c(sc4ccccc24)N3c2ccccc2)c([2H])c1[2H]. The molecule has 0 saturated carbocycles. The van der Waals surface area contributed by atoms with Crippen molar-refractivity contribution in [1.29, 1.82) is 0 Å². The number of rotatable bonds is 4. The molecule has 15 rings (SSSR count). The van der Waals surface area contributed by atoms with Crippen LogP contribution in [0.3, 0.4) is 0 Å². The lowest BCUT2D eigenvalue weighted by Gasteiger charge is -2.39. The first-order valence-corrected chi connectivity index (χ1v) is 23.6. The lowest BCUT2D eigenvalue weighted by molar-refractivity contribution is 0.360. The number of hydrogen-bond donors (Lipinski definition) is 0. The fraction of sp³-hybridized carbons (Fsp3) is 0.0345. The van der Waals surface area contributed by atoms with Crippen LogP contribution in [0.15, 0.2) is 186 Å². The molecular formula is C58H36B2N2O3S2. The molecule has 4 aliphatic heterocycles. The largest absolute Gasteiger partial charge is 0.454 e. The maximum absolute atomic E-state index is 9.13. The van der Waals surface area contributed by atoms with Crippen molar-refractivity contribution in [2.45, 2.75) is 13.8 Å². The van der Waals surface area contributed by atoms with Crippen molar-refractivity contribution >= 4 is 123 Å². The topological polar surface area (TPSA) is 38.1 Å². The molecule has 0 amide bonds. The summed E-state index contributed by atoms with van der Waals surface area (Å²) >= 11 is 3.32. The number of hydrogen-bond acceptors (Lipinski definition) is 7. The van der Waals surface area contributed by atoms with Crippen molar-refractivity contribution in [3.05, 3.63) is 192 Å². The molecule has 0 radical (unpaired) electrons. The quantitative estimate of drug-likeness (QED) is 0.165. The highest BCUT2D eigenvalue weighted by atomic mass is 32.1. The molecule has 4 aliphatic rings. The first-order valence-electron chi connectivity index (χ1n) is 27.0. The first kappa shape index (κ1) is 29.0. The van der Waals surface area contributed by atoms with Gasteiger partial charge in [-0.25, -0.2) is 0 Å². The van der Waals surface area contributed by atoms with Crippen molar-refractivity contribution in [1.82, 2.24) is 0 Å². The monoisotopic (exact) mass is 904 g/mol. The molecule has 67 heavy (non-hydrogen) atoms. The predicted molar refractivity (Wildman–Crippen MR) is 282 cm³/mol. The molecule has 5 nitrogen and oxygen atoms in total. The van der Waals surface area contributed by atoms with Gasteiger partial charge in [0, 0.05) is 43.2 Å². The fourth-order valence-corrected chi connectivity index (χ4v) is 13.4. The molecule has 0 saturated heterocycles. The van der Waals surface area contributed by atoms with Crippen LogP contribution in [0, 0.1) is 13.8 Å². The van der Waals surface area contributed by atoms with E-state index in [1.807, 2.05) is 84.9 Å². The van der Waals surface area contributed by atoms with Crippen molar-refractivity contribution in [2.24, 2.45) is 0 Å². The molecule has 0 N–H and O–H groups in total. The molecule has 7 heterocycles. The van der Waals surface area contributed by atoms with Crippen LogP contribution < -0.4 is 52.1 Å². The highest BCUT2D eigenvalue weighted by molar-refractivity contribution is 7.26. The van der Waals surface area contributed by atoms with Gasteiger partial charge < -0.3 is 23.7 Å². The second kappa shape index (κ2) is 13.9. The Labute approximate surface area is 409 Å². The number of thiophene rings is 2. The van der Waals surface area contributed by atoms with Gasteiger partial charge >= 0.3 is 0 Å². The summed E-state index contributed by atoms with van der Waals surface area (Å²) in [6.07, 6.45) is 0. The van der Waals surface area contributed by atoms with Crippen molar-refractivity contribution in [3.8, 4) is 45.4 Å². The van der Waals surface area contributed by atoms with Gasteiger partial charge in [0.25, 0.3) is 19.4 Å². The standard InChI is InChI=1S/C58H36B2N2O3S2/c1-33-34(2)66-56-49(33)59-43-28-27-42-51-58(65-54(42)55(43)63-46-31-37(35-17-7-3-8-18-35)29-44(52(46)59)61(56)39-21-11-5-12-22-39)64-47-32-38(36-19-9-4-10-20-36)30-45-53(47)60(51)50-41-25-15-16-26-48(41)67-57(50)62(45)40-23-13-6-14-24-40/h3-32H,1-2H3/i3D,4D,7D,8D,9D,10D,17D,18D,19D,20D. The van der Waals surface area contributed by atoms with Crippen LogP contribution in [0.1, 0.15) is 24.1 Å². The Kier molecular flexibility index (Phi) is 6.03. The van der Waals surface area contributed by atoms with Crippen LogP contribution in [0.2, 0.25) is 0 Å². The van der Waals surface area contributed by atoms with E-state index in [0.29, 0.717) is 34.0 Å². The van der Waals surface area contributed by atoms with Crippen molar-refractivity contribution in [2.75, 3.05) is 9.80 Å². The summed E-state index contributed by atoms with van der Waals surface area (Å²) < 4.78 is 111. The van der Waals surface area contributed by atoms with E-state index in [-0.39, 0.29) is 48.0 Å².